The van der Waals surface area contributed by atoms with E-state index in [1.165, 1.54) is 23.0 Å². The monoisotopic (exact) mass is 341 g/mol. The number of aromatic nitrogens is 2. The molecule has 6 nitrogen and oxygen atoms in total. The lowest BCUT2D eigenvalue weighted by molar-refractivity contribution is -0.135. The highest BCUT2D eigenvalue weighted by Crippen LogP contribution is 2.23. The number of ether oxygens (including phenoxy) is 1. The Bertz CT molecular complexity index is 785. The van der Waals surface area contributed by atoms with Gasteiger partial charge in [0.05, 0.1) is 35.5 Å². The summed E-state index contributed by atoms with van der Waals surface area (Å²) in [6.45, 7) is 2.04. The number of fused-ring (bicyclic) bond motifs is 1. The fraction of sp³-hybridized carbons (Fsp3) is 0.357. The first-order chi connectivity index (χ1) is 10.6. The van der Waals surface area contributed by atoms with Crippen LogP contribution in [0.5, 0.6) is 0 Å². The van der Waals surface area contributed by atoms with Gasteiger partial charge in [0.1, 0.15) is 6.54 Å². The number of carbonyl (C=O) groups excluding carboxylic acids is 1. The van der Waals surface area contributed by atoms with E-state index in [-0.39, 0.29) is 18.0 Å². The van der Waals surface area contributed by atoms with Gasteiger partial charge < -0.3 is 9.64 Å². The normalized spacial score (nSPS) is 15.3. The molecule has 1 fully saturated rings. The van der Waals surface area contributed by atoms with Crippen LogP contribution in [-0.4, -0.2) is 46.7 Å². The van der Waals surface area contributed by atoms with Crippen molar-refractivity contribution in [2.24, 2.45) is 0 Å². The van der Waals surface area contributed by atoms with Gasteiger partial charge in [-0.3, -0.25) is 14.2 Å². The lowest BCUT2D eigenvalue weighted by Gasteiger charge is -2.27. The first kappa shape index (κ1) is 15.3. The molecule has 1 saturated heterocycles. The molecule has 0 N–H and O–H groups in total. The van der Waals surface area contributed by atoms with E-state index in [2.05, 4.69) is 4.98 Å². The molecule has 0 radical (unpaired) electrons. The number of benzene rings is 1. The molecule has 1 aliphatic heterocycles. The van der Waals surface area contributed by atoms with Crippen molar-refractivity contribution in [3.8, 4) is 0 Å². The Kier molecular flexibility index (Phi) is 4.33. The van der Waals surface area contributed by atoms with Crippen LogP contribution in [-0.2, 0) is 16.1 Å². The van der Waals surface area contributed by atoms with Crippen LogP contribution in [0.15, 0.2) is 23.3 Å². The summed E-state index contributed by atoms with van der Waals surface area (Å²) in [5, 5.41) is 0.967. The van der Waals surface area contributed by atoms with Crippen LogP contribution >= 0.6 is 23.2 Å². The highest BCUT2D eigenvalue weighted by atomic mass is 35.5. The molecule has 0 atom stereocenters. The molecular weight excluding hydrogens is 329 g/mol. The van der Waals surface area contributed by atoms with E-state index < -0.39 is 0 Å². The molecule has 1 aromatic carbocycles. The predicted molar refractivity (Wildman–Crippen MR) is 83.4 cm³/mol. The first-order valence-corrected chi connectivity index (χ1v) is 7.51. The maximum Gasteiger partial charge on any atom is 0.261 e. The molecule has 0 spiro atoms. The van der Waals surface area contributed by atoms with Crippen LogP contribution < -0.4 is 5.56 Å². The lowest BCUT2D eigenvalue weighted by Crippen LogP contribution is -2.43. The summed E-state index contributed by atoms with van der Waals surface area (Å²) in [5.41, 5.74) is 0.0437. The highest BCUT2D eigenvalue weighted by Gasteiger charge is 2.18. The number of hydrogen-bond donors (Lipinski definition) is 0. The maximum atomic E-state index is 12.5. The lowest BCUT2D eigenvalue weighted by atomic mass is 10.2. The molecule has 2 heterocycles. The highest BCUT2D eigenvalue weighted by molar-refractivity contribution is 6.38. The minimum absolute atomic E-state index is 0.0636. The number of carbonyl (C=O) groups is 1. The summed E-state index contributed by atoms with van der Waals surface area (Å²) in [7, 11) is 0. The Labute approximate surface area is 136 Å². The number of morpholine rings is 1. The van der Waals surface area contributed by atoms with Crippen molar-refractivity contribution in [1.82, 2.24) is 14.5 Å². The molecule has 0 saturated carbocycles. The third-order valence-corrected chi connectivity index (χ3v) is 4.02. The Morgan fingerprint density at radius 1 is 1.27 bits per heavy atom. The third-order valence-electron chi connectivity index (χ3n) is 3.52. The molecular formula is C14H13Cl2N3O3. The zero-order chi connectivity index (χ0) is 15.7. The molecule has 2 aromatic rings. The van der Waals surface area contributed by atoms with E-state index in [0.717, 1.165) is 0 Å². The van der Waals surface area contributed by atoms with Gasteiger partial charge in [-0.05, 0) is 12.1 Å². The van der Waals surface area contributed by atoms with Crippen molar-refractivity contribution in [2.45, 2.75) is 6.54 Å². The summed E-state index contributed by atoms with van der Waals surface area (Å²) in [4.78, 5) is 30.5. The van der Waals surface area contributed by atoms with Crippen LogP contribution in [0.25, 0.3) is 10.9 Å². The van der Waals surface area contributed by atoms with Crippen LogP contribution in [0.4, 0.5) is 0 Å². The van der Waals surface area contributed by atoms with Crippen molar-refractivity contribution >= 4 is 40.0 Å². The van der Waals surface area contributed by atoms with E-state index in [1.807, 2.05) is 0 Å². The van der Waals surface area contributed by atoms with Crippen molar-refractivity contribution in [3.63, 3.8) is 0 Å². The zero-order valence-corrected chi connectivity index (χ0v) is 13.1. The van der Waals surface area contributed by atoms with E-state index in [0.29, 0.717) is 47.3 Å². The number of rotatable bonds is 2. The maximum absolute atomic E-state index is 12.5. The average Bonchev–Trinajstić information content (AvgIpc) is 2.51. The number of amides is 1. The van der Waals surface area contributed by atoms with Crippen molar-refractivity contribution in [2.75, 3.05) is 26.3 Å². The number of nitrogens with zero attached hydrogens (tertiary/aromatic N) is 3. The minimum Gasteiger partial charge on any atom is -0.378 e. The fourth-order valence-corrected chi connectivity index (χ4v) is 2.91. The Hall–Kier alpha value is -1.63. The van der Waals surface area contributed by atoms with Gasteiger partial charge in [0, 0.05) is 18.1 Å². The Balaban J connectivity index is 1.93. The first-order valence-electron chi connectivity index (χ1n) is 6.76. The SMILES string of the molecule is O=C(Cn1cnc2c(Cl)cc(Cl)cc2c1=O)N1CCOCC1. The van der Waals surface area contributed by atoms with E-state index in [9.17, 15) is 9.59 Å². The summed E-state index contributed by atoms with van der Waals surface area (Å²) >= 11 is 12.0. The molecule has 0 bridgehead atoms. The van der Waals surface area contributed by atoms with Crippen molar-refractivity contribution in [1.29, 1.82) is 0 Å². The number of halogens is 2. The van der Waals surface area contributed by atoms with Gasteiger partial charge in [-0.25, -0.2) is 4.98 Å². The van der Waals surface area contributed by atoms with Crippen molar-refractivity contribution < 1.29 is 9.53 Å². The van der Waals surface area contributed by atoms with Crippen LogP contribution in [0, 0.1) is 0 Å². The molecule has 1 aromatic heterocycles. The summed E-state index contributed by atoms with van der Waals surface area (Å²) < 4.78 is 6.47. The quantitative estimate of drug-likeness (QED) is 0.831. The summed E-state index contributed by atoms with van der Waals surface area (Å²) in [5.74, 6) is -0.139. The molecule has 0 unspecified atom stereocenters. The van der Waals surface area contributed by atoms with Gasteiger partial charge in [-0.2, -0.15) is 0 Å². The molecule has 3 rings (SSSR count). The summed E-state index contributed by atoms with van der Waals surface area (Å²) in [6.07, 6.45) is 1.34. The van der Waals surface area contributed by atoms with E-state index in [1.54, 1.807) is 4.90 Å². The van der Waals surface area contributed by atoms with Crippen LogP contribution in [0.3, 0.4) is 0 Å². The average molecular weight is 342 g/mol. The predicted octanol–water partition coefficient (Wildman–Crippen LogP) is 1.56. The second kappa shape index (κ2) is 6.24. The zero-order valence-electron chi connectivity index (χ0n) is 11.6. The van der Waals surface area contributed by atoms with E-state index in [4.69, 9.17) is 27.9 Å². The second-order valence-electron chi connectivity index (χ2n) is 4.95. The fourth-order valence-electron chi connectivity index (χ4n) is 2.37. The molecule has 0 aliphatic carbocycles. The largest absolute Gasteiger partial charge is 0.378 e. The van der Waals surface area contributed by atoms with Gasteiger partial charge in [0.15, 0.2) is 0 Å². The summed E-state index contributed by atoms with van der Waals surface area (Å²) in [6, 6.07) is 3.04. The third kappa shape index (κ3) is 2.95. The Morgan fingerprint density at radius 2 is 2.00 bits per heavy atom. The number of hydrogen-bond acceptors (Lipinski definition) is 4. The minimum atomic E-state index is -0.337. The molecule has 116 valence electrons. The smallest absolute Gasteiger partial charge is 0.261 e. The van der Waals surface area contributed by atoms with Gasteiger partial charge in [0.2, 0.25) is 5.91 Å². The molecule has 1 amide bonds. The van der Waals surface area contributed by atoms with Gasteiger partial charge in [-0.1, -0.05) is 23.2 Å². The van der Waals surface area contributed by atoms with Gasteiger partial charge in [0.25, 0.3) is 5.56 Å². The van der Waals surface area contributed by atoms with Crippen molar-refractivity contribution in [3.05, 3.63) is 38.9 Å². The van der Waals surface area contributed by atoms with E-state index >= 15 is 0 Å². The molecule has 1 aliphatic rings. The molecule has 22 heavy (non-hydrogen) atoms. The van der Waals surface area contributed by atoms with Gasteiger partial charge >= 0.3 is 0 Å². The topological polar surface area (TPSA) is 64.4 Å². The van der Waals surface area contributed by atoms with Gasteiger partial charge in [-0.15, -0.1) is 0 Å². The standard InChI is InChI=1S/C14H13Cl2N3O3/c15-9-5-10-13(11(16)6-9)17-8-19(14(10)21)7-12(20)18-1-3-22-4-2-18/h5-6,8H,1-4,7H2. The molecule has 8 heteroatoms. The second-order valence-corrected chi connectivity index (χ2v) is 5.80. The van der Waals surface area contributed by atoms with Crippen LogP contribution in [0.1, 0.15) is 0 Å². The Morgan fingerprint density at radius 3 is 2.73 bits per heavy atom. The van der Waals surface area contributed by atoms with Crippen LogP contribution in [0.2, 0.25) is 10.0 Å².